The van der Waals surface area contributed by atoms with Gasteiger partial charge in [0, 0.05) is 38.8 Å². The molecule has 114 valence electrons. The van der Waals surface area contributed by atoms with Crippen molar-refractivity contribution >= 4 is 11.8 Å². The lowest BCUT2D eigenvalue weighted by Crippen LogP contribution is -2.37. The molecule has 2 aliphatic rings. The van der Waals surface area contributed by atoms with Crippen LogP contribution in [0, 0.1) is 0 Å². The second-order valence-corrected chi connectivity index (χ2v) is 5.63. The first-order valence-corrected chi connectivity index (χ1v) is 7.52. The van der Waals surface area contributed by atoms with Gasteiger partial charge in [-0.15, -0.1) is 0 Å². The minimum atomic E-state index is -0.187. The molecule has 1 saturated heterocycles. The second kappa shape index (κ2) is 5.85. The molecule has 0 saturated carbocycles. The van der Waals surface area contributed by atoms with E-state index in [9.17, 15) is 9.59 Å². The fourth-order valence-corrected chi connectivity index (χ4v) is 2.91. The fourth-order valence-electron chi connectivity index (χ4n) is 2.91. The molecule has 2 aliphatic heterocycles. The van der Waals surface area contributed by atoms with Gasteiger partial charge in [0.05, 0.1) is 12.6 Å². The molecule has 0 unspecified atom stereocenters. The van der Waals surface area contributed by atoms with Crippen molar-refractivity contribution in [2.45, 2.75) is 38.9 Å². The van der Waals surface area contributed by atoms with Crippen LogP contribution in [0.2, 0.25) is 0 Å². The van der Waals surface area contributed by atoms with Gasteiger partial charge in [-0.3, -0.25) is 9.59 Å². The van der Waals surface area contributed by atoms with Gasteiger partial charge < -0.3 is 20.1 Å². The number of aromatic nitrogens is 2. The molecular weight excluding hydrogens is 270 g/mol. The van der Waals surface area contributed by atoms with Crippen LogP contribution in [0.5, 0.6) is 0 Å². The summed E-state index contributed by atoms with van der Waals surface area (Å²) in [7, 11) is 0. The van der Waals surface area contributed by atoms with Crippen molar-refractivity contribution in [1.82, 2.24) is 25.1 Å². The van der Waals surface area contributed by atoms with Crippen LogP contribution in [0.4, 0.5) is 0 Å². The number of hydrogen-bond donors (Lipinski definition) is 2. The van der Waals surface area contributed by atoms with Crippen molar-refractivity contribution in [2.24, 2.45) is 0 Å². The number of carbonyl (C=O) groups is 2. The molecule has 21 heavy (non-hydrogen) atoms. The molecule has 2 N–H and O–H groups in total. The summed E-state index contributed by atoms with van der Waals surface area (Å²) in [5, 5.41) is 6.15. The molecule has 0 aromatic carbocycles. The number of rotatable bonds is 4. The number of amides is 2. The lowest BCUT2D eigenvalue weighted by atomic mass is 10.2. The minimum absolute atomic E-state index is 0.103. The second-order valence-electron chi connectivity index (χ2n) is 5.63. The molecular formula is C14H21N5O2. The number of hydrogen-bond acceptors (Lipinski definition) is 4. The zero-order valence-corrected chi connectivity index (χ0v) is 12.3. The highest BCUT2D eigenvalue weighted by Gasteiger charge is 2.30. The average molecular weight is 291 g/mol. The summed E-state index contributed by atoms with van der Waals surface area (Å²) >= 11 is 0. The Morgan fingerprint density at radius 1 is 1.57 bits per heavy atom. The van der Waals surface area contributed by atoms with Gasteiger partial charge >= 0.3 is 0 Å². The predicted molar refractivity (Wildman–Crippen MR) is 76.7 cm³/mol. The molecule has 1 fully saturated rings. The summed E-state index contributed by atoms with van der Waals surface area (Å²) in [6, 6.07) is -0.103. The lowest BCUT2D eigenvalue weighted by Gasteiger charge is -2.15. The summed E-state index contributed by atoms with van der Waals surface area (Å²) in [6.07, 6.45) is 3.13. The highest BCUT2D eigenvalue weighted by Crippen LogP contribution is 2.13. The van der Waals surface area contributed by atoms with Crippen LogP contribution in [0.25, 0.3) is 0 Å². The lowest BCUT2D eigenvalue weighted by molar-refractivity contribution is -0.127. The van der Waals surface area contributed by atoms with Gasteiger partial charge in [0.1, 0.15) is 11.5 Å². The SMILES string of the molecule is CCCN1C[C@H](NC(=O)c2cn3c(n2)CNCC3)CC1=O. The number of fused-ring (bicyclic) bond motifs is 1. The molecule has 1 aromatic rings. The molecule has 7 heteroatoms. The van der Waals surface area contributed by atoms with Gasteiger partial charge in [0.15, 0.2) is 0 Å². The highest BCUT2D eigenvalue weighted by atomic mass is 16.2. The first-order chi connectivity index (χ1) is 10.2. The molecule has 0 spiro atoms. The van der Waals surface area contributed by atoms with Crippen molar-refractivity contribution in [1.29, 1.82) is 0 Å². The zero-order valence-electron chi connectivity index (χ0n) is 12.3. The summed E-state index contributed by atoms with van der Waals surface area (Å²) in [4.78, 5) is 30.2. The quantitative estimate of drug-likeness (QED) is 0.800. The van der Waals surface area contributed by atoms with E-state index in [-0.39, 0.29) is 17.9 Å². The van der Waals surface area contributed by atoms with Gasteiger partial charge in [0.25, 0.3) is 5.91 Å². The molecule has 3 rings (SSSR count). The Balaban J connectivity index is 1.62. The van der Waals surface area contributed by atoms with Crippen molar-refractivity contribution in [3.05, 3.63) is 17.7 Å². The van der Waals surface area contributed by atoms with E-state index in [4.69, 9.17) is 0 Å². The molecule has 1 atom stereocenters. The van der Waals surface area contributed by atoms with Gasteiger partial charge in [-0.1, -0.05) is 6.92 Å². The van der Waals surface area contributed by atoms with Crippen molar-refractivity contribution in [2.75, 3.05) is 19.6 Å². The topological polar surface area (TPSA) is 79.3 Å². The zero-order chi connectivity index (χ0) is 14.8. The maximum Gasteiger partial charge on any atom is 0.271 e. The van der Waals surface area contributed by atoms with E-state index < -0.39 is 0 Å². The molecule has 0 bridgehead atoms. The number of nitrogens with one attached hydrogen (secondary N) is 2. The van der Waals surface area contributed by atoms with Crippen LogP contribution >= 0.6 is 0 Å². The van der Waals surface area contributed by atoms with Crippen LogP contribution in [0.15, 0.2) is 6.20 Å². The van der Waals surface area contributed by atoms with Crippen LogP contribution in [0.1, 0.15) is 36.1 Å². The van der Waals surface area contributed by atoms with E-state index in [1.165, 1.54) is 0 Å². The van der Waals surface area contributed by atoms with Crippen LogP contribution < -0.4 is 10.6 Å². The number of nitrogens with zero attached hydrogens (tertiary/aromatic N) is 3. The predicted octanol–water partition coefficient (Wildman–Crippen LogP) is -0.273. The van der Waals surface area contributed by atoms with Gasteiger partial charge in [-0.05, 0) is 6.42 Å². The van der Waals surface area contributed by atoms with Gasteiger partial charge in [-0.2, -0.15) is 0 Å². The maximum absolute atomic E-state index is 12.3. The van der Waals surface area contributed by atoms with E-state index in [1.807, 2.05) is 16.4 Å². The first kappa shape index (κ1) is 14.1. The monoisotopic (exact) mass is 291 g/mol. The summed E-state index contributed by atoms with van der Waals surface area (Å²) in [5.74, 6) is 0.824. The molecule has 3 heterocycles. The molecule has 1 aromatic heterocycles. The molecule has 0 aliphatic carbocycles. The van der Waals surface area contributed by atoms with E-state index in [1.54, 1.807) is 6.20 Å². The van der Waals surface area contributed by atoms with E-state index in [2.05, 4.69) is 15.6 Å². The van der Waals surface area contributed by atoms with E-state index >= 15 is 0 Å². The normalized spacial score (nSPS) is 21.5. The van der Waals surface area contributed by atoms with Crippen molar-refractivity contribution in [3.8, 4) is 0 Å². The third-order valence-corrected chi connectivity index (χ3v) is 3.95. The minimum Gasteiger partial charge on any atom is -0.346 e. The third kappa shape index (κ3) is 2.92. The Bertz CT molecular complexity index is 530. The largest absolute Gasteiger partial charge is 0.346 e. The summed E-state index contributed by atoms with van der Waals surface area (Å²) in [6.45, 7) is 5.83. The Morgan fingerprint density at radius 3 is 3.19 bits per heavy atom. The van der Waals surface area contributed by atoms with E-state index in [0.717, 1.165) is 31.9 Å². The Labute approximate surface area is 123 Å². The van der Waals surface area contributed by atoms with Crippen molar-refractivity contribution < 1.29 is 9.59 Å². The highest BCUT2D eigenvalue weighted by molar-refractivity contribution is 5.93. The van der Waals surface area contributed by atoms with Crippen molar-refractivity contribution in [3.63, 3.8) is 0 Å². The first-order valence-electron chi connectivity index (χ1n) is 7.52. The Hall–Kier alpha value is -1.89. The smallest absolute Gasteiger partial charge is 0.271 e. The summed E-state index contributed by atoms with van der Waals surface area (Å²) in [5.41, 5.74) is 0.440. The fraction of sp³-hybridized carbons (Fsp3) is 0.643. The Kier molecular flexibility index (Phi) is 3.92. The average Bonchev–Trinajstić information content (AvgIpc) is 3.03. The van der Waals surface area contributed by atoms with Crippen LogP contribution in [0.3, 0.4) is 0 Å². The van der Waals surface area contributed by atoms with E-state index in [0.29, 0.717) is 25.2 Å². The Morgan fingerprint density at radius 2 is 2.43 bits per heavy atom. The van der Waals surface area contributed by atoms with Gasteiger partial charge in [-0.25, -0.2) is 4.98 Å². The van der Waals surface area contributed by atoms with Gasteiger partial charge in [0.2, 0.25) is 5.91 Å². The molecule has 2 amide bonds. The number of carbonyl (C=O) groups excluding carboxylic acids is 2. The van der Waals surface area contributed by atoms with Crippen LogP contribution in [-0.4, -0.2) is 51.9 Å². The standard InChI is InChI=1S/C14H21N5O2/c1-2-4-19-8-10(6-13(19)20)16-14(21)11-9-18-5-3-15-7-12(18)17-11/h9-10,15H,2-8H2,1H3,(H,16,21)/t10-/m1/s1. The number of likely N-dealkylation sites (tertiary alicyclic amines) is 1. The third-order valence-electron chi connectivity index (χ3n) is 3.95. The summed E-state index contributed by atoms with van der Waals surface area (Å²) < 4.78 is 2.01. The molecule has 0 radical (unpaired) electrons. The number of imidazole rings is 1. The molecule has 7 nitrogen and oxygen atoms in total. The van der Waals surface area contributed by atoms with Crippen LogP contribution in [-0.2, 0) is 17.9 Å². The maximum atomic E-state index is 12.3.